The largest absolute Gasteiger partial charge is 0.491 e. The predicted molar refractivity (Wildman–Crippen MR) is 136 cm³/mol. The number of ether oxygens (including phenoxy) is 2. The zero-order valence-corrected chi connectivity index (χ0v) is 22.7. The first-order valence-electron chi connectivity index (χ1n) is 11.8. The Balaban J connectivity index is 1.86. The molecule has 0 spiro atoms. The quantitative estimate of drug-likeness (QED) is 0.346. The van der Waals surface area contributed by atoms with Gasteiger partial charge in [0.2, 0.25) is 0 Å². The van der Waals surface area contributed by atoms with Gasteiger partial charge in [-0.25, -0.2) is 14.3 Å². The van der Waals surface area contributed by atoms with Crippen molar-refractivity contribution in [1.29, 1.82) is 0 Å². The van der Waals surface area contributed by atoms with Crippen LogP contribution < -0.4 is 10.1 Å². The van der Waals surface area contributed by atoms with Gasteiger partial charge in [-0.2, -0.15) is 18.3 Å². The van der Waals surface area contributed by atoms with Gasteiger partial charge in [0.25, 0.3) is 0 Å². The highest BCUT2D eigenvalue weighted by Crippen LogP contribution is 2.34. The van der Waals surface area contributed by atoms with Crippen molar-refractivity contribution in [3.05, 3.63) is 46.9 Å². The number of alkyl carbamates (subject to hydrolysis) is 1. The number of aryl methyl sites for hydroxylation is 1. The minimum absolute atomic E-state index is 0.0317. The number of halogens is 4. The van der Waals surface area contributed by atoms with Crippen LogP contribution in [-0.2, 0) is 10.9 Å². The summed E-state index contributed by atoms with van der Waals surface area (Å²) < 4.78 is 52.2. The zero-order chi connectivity index (χ0) is 27.8. The molecule has 1 atom stereocenters. The number of imidazole rings is 1. The van der Waals surface area contributed by atoms with Gasteiger partial charge in [0.05, 0.1) is 11.7 Å². The molecule has 1 N–H and O–H groups in total. The fourth-order valence-electron chi connectivity index (χ4n) is 4.11. The molecular formula is C26H32ClF3N4O3. The van der Waals surface area contributed by atoms with Gasteiger partial charge in [0.15, 0.2) is 16.5 Å². The van der Waals surface area contributed by atoms with E-state index in [1.165, 1.54) is 6.07 Å². The minimum Gasteiger partial charge on any atom is -0.491 e. The van der Waals surface area contributed by atoms with E-state index in [0.29, 0.717) is 23.3 Å². The van der Waals surface area contributed by atoms with E-state index in [9.17, 15) is 18.0 Å². The van der Waals surface area contributed by atoms with Crippen molar-refractivity contribution in [2.75, 3.05) is 6.61 Å². The Morgan fingerprint density at radius 3 is 2.41 bits per heavy atom. The average molecular weight is 541 g/mol. The Morgan fingerprint density at radius 1 is 1.16 bits per heavy atom. The second kappa shape index (κ2) is 10.4. The Bertz CT molecular complexity index is 1280. The molecule has 11 heteroatoms. The standard InChI is InChI=1S/C26H32ClF3N4O3/c1-15(2)12-25(7,32-23(35)37-24(4,5)6)14-36-19-9-8-17(10-16(19)3)18-11-21(27)33-34-13-20(26(28,29)30)31-22(18)34/h8-11,13,15H,12,14H2,1-7H3,(H,32,35)/t25-/m0/s1. The lowest BCUT2D eigenvalue weighted by Gasteiger charge is -2.33. The molecule has 37 heavy (non-hydrogen) atoms. The first-order chi connectivity index (χ1) is 17.0. The molecule has 1 aromatic carbocycles. The van der Waals surface area contributed by atoms with Crippen molar-refractivity contribution < 1.29 is 27.4 Å². The third-order valence-corrected chi connectivity index (χ3v) is 5.56. The average Bonchev–Trinajstić information content (AvgIpc) is 3.14. The summed E-state index contributed by atoms with van der Waals surface area (Å²) in [7, 11) is 0. The summed E-state index contributed by atoms with van der Waals surface area (Å²) in [5.41, 5.74) is -0.589. The molecule has 7 nitrogen and oxygen atoms in total. The maximum Gasteiger partial charge on any atom is 0.434 e. The number of carbonyl (C=O) groups excluding carboxylic acids is 1. The number of hydrogen-bond donors (Lipinski definition) is 1. The summed E-state index contributed by atoms with van der Waals surface area (Å²) in [5, 5.41) is 6.88. The fourth-order valence-corrected chi connectivity index (χ4v) is 4.30. The smallest absolute Gasteiger partial charge is 0.434 e. The van der Waals surface area contributed by atoms with Crippen molar-refractivity contribution in [2.24, 2.45) is 5.92 Å². The number of aromatic nitrogens is 3. The van der Waals surface area contributed by atoms with Crippen LogP contribution in [0.25, 0.3) is 16.8 Å². The normalized spacial score (nSPS) is 14.1. The molecule has 1 amide bonds. The van der Waals surface area contributed by atoms with Gasteiger partial charge in [-0.1, -0.05) is 31.5 Å². The summed E-state index contributed by atoms with van der Waals surface area (Å²) in [6.45, 7) is 13.4. The molecular weight excluding hydrogens is 509 g/mol. The molecule has 2 aromatic heterocycles. The van der Waals surface area contributed by atoms with Crippen LogP contribution in [0.5, 0.6) is 5.75 Å². The van der Waals surface area contributed by atoms with Crippen LogP contribution in [0.4, 0.5) is 18.0 Å². The third kappa shape index (κ3) is 7.50. The van der Waals surface area contributed by atoms with E-state index in [-0.39, 0.29) is 23.3 Å². The second-order valence-electron chi connectivity index (χ2n) is 10.8. The molecule has 0 bridgehead atoms. The number of nitrogens with zero attached hydrogens (tertiary/aromatic N) is 3. The van der Waals surface area contributed by atoms with Gasteiger partial charge < -0.3 is 14.8 Å². The highest BCUT2D eigenvalue weighted by atomic mass is 35.5. The molecule has 0 unspecified atom stereocenters. The number of alkyl halides is 3. The van der Waals surface area contributed by atoms with E-state index in [1.807, 2.05) is 13.8 Å². The number of rotatable bonds is 7. The lowest BCUT2D eigenvalue weighted by Crippen LogP contribution is -2.52. The van der Waals surface area contributed by atoms with Gasteiger partial charge in [-0.05, 0) is 76.3 Å². The summed E-state index contributed by atoms with van der Waals surface area (Å²) >= 11 is 6.08. The molecule has 0 saturated heterocycles. The highest BCUT2D eigenvalue weighted by Gasteiger charge is 2.35. The number of benzene rings is 1. The topological polar surface area (TPSA) is 77.8 Å². The lowest BCUT2D eigenvalue weighted by molar-refractivity contribution is -0.140. The Kier molecular flexibility index (Phi) is 8.02. The molecule has 0 radical (unpaired) electrons. The van der Waals surface area contributed by atoms with Gasteiger partial charge >= 0.3 is 12.3 Å². The molecule has 2 heterocycles. The van der Waals surface area contributed by atoms with Gasteiger partial charge in [-0.15, -0.1) is 0 Å². The van der Waals surface area contributed by atoms with E-state index in [2.05, 4.69) is 29.2 Å². The maximum absolute atomic E-state index is 13.2. The minimum atomic E-state index is -4.61. The van der Waals surface area contributed by atoms with E-state index >= 15 is 0 Å². The molecule has 0 saturated carbocycles. The number of amides is 1. The highest BCUT2D eigenvalue weighted by molar-refractivity contribution is 6.29. The van der Waals surface area contributed by atoms with Crippen LogP contribution in [0.3, 0.4) is 0 Å². The third-order valence-electron chi connectivity index (χ3n) is 5.38. The van der Waals surface area contributed by atoms with E-state index in [1.54, 1.807) is 39.0 Å². The molecule has 3 aromatic rings. The Hall–Kier alpha value is -3.01. The van der Waals surface area contributed by atoms with Crippen molar-refractivity contribution in [3.63, 3.8) is 0 Å². The molecule has 0 aliphatic heterocycles. The van der Waals surface area contributed by atoms with Crippen molar-refractivity contribution >= 4 is 23.3 Å². The van der Waals surface area contributed by atoms with Crippen LogP contribution in [0.15, 0.2) is 30.5 Å². The molecule has 0 aliphatic rings. The first-order valence-corrected chi connectivity index (χ1v) is 12.2. The fraction of sp³-hybridized carbons (Fsp3) is 0.500. The molecule has 202 valence electrons. The number of carbonyl (C=O) groups is 1. The first kappa shape index (κ1) is 28.6. The van der Waals surface area contributed by atoms with Crippen LogP contribution >= 0.6 is 11.6 Å². The van der Waals surface area contributed by atoms with E-state index < -0.39 is 29.1 Å². The monoisotopic (exact) mass is 540 g/mol. The van der Waals surface area contributed by atoms with Crippen molar-refractivity contribution in [1.82, 2.24) is 19.9 Å². The second-order valence-corrected chi connectivity index (χ2v) is 11.2. The van der Waals surface area contributed by atoms with Crippen LogP contribution in [0.1, 0.15) is 59.2 Å². The van der Waals surface area contributed by atoms with Crippen molar-refractivity contribution in [3.8, 4) is 16.9 Å². The maximum atomic E-state index is 13.2. The Morgan fingerprint density at radius 2 is 1.84 bits per heavy atom. The SMILES string of the molecule is Cc1cc(-c2cc(Cl)nn3cc(C(F)(F)F)nc23)ccc1OC[C@](C)(CC(C)C)NC(=O)OC(C)(C)C. The summed E-state index contributed by atoms with van der Waals surface area (Å²) in [6, 6.07) is 6.71. The van der Waals surface area contributed by atoms with E-state index in [4.69, 9.17) is 21.1 Å². The van der Waals surface area contributed by atoms with Crippen LogP contribution in [0, 0.1) is 12.8 Å². The summed E-state index contributed by atoms with van der Waals surface area (Å²) in [5.74, 6) is 0.849. The number of hydrogen-bond acceptors (Lipinski definition) is 5. The number of nitrogens with one attached hydrogen (secondary N) is 1. The van der Waals surface area contributed by atoms with Crippen LogP contribution in [-0.4, -0.2) is 38.4 Å². The van der Waals surface area contributed by atoms with Crippen LogP contribution in [0.2, 0.25) is 5.15 Å². The van der Waals surface area contributed by atoms with Gasteiger partial charge in [0, 0.05) is 5.56 Å². The Labute approximate surface area is 219 Å². The zero-order valence-electron chi connectivity index (χ0n) is 22.0. The predicted octanol–water partition coefficient (Wildman–Crippen LogP) is 7.09. The summed E-state index contributed by atoms with van der Waals surface area (Å²) in [4.78, 5) is 16.2. The molecule has 0 aliphatic carbocycles. The number of fused-ring (bicyclic) bond motifs is 1. The van der Waals surface area contributed by atoms with Crippen molar-refractivity contribution in [2.45, 2.75) is 72.2 Å². The summed E-state index contributed by atoms with van der Waals surface area (Å²) in [6.07, 6.45) is -3.68. The molecule has 3 rings (SSSR count). The van der Waals surface area contributed by atoms with E-state index in [0.717, 1.165) is 16.3 Å². The molecule has 0 fully saturated rings. The van der Waals surface area contributed by atoms with Gasteiger partial charge in [0.1, 0.15) is 18.0 Å². The lowest BCUT2D eigenvalue weighted by atomic mass is 9.91. The van der Waals surface area contributed by atoms with Gasteiger partial charge in [-0.3, -0.25) is 0 Å².